The molecule has 142 valence electrons. The Morgan fingerprint density at radius 3 is 2.56 bits per heavy atom. The molecule has 0 unspecified atom stereocenters. The van der Waals surface area contributed by atoms with Crippen molar-refractivity contribution < 1.29 is 4.74 Å². The van der Waals surface area contributed by atoms with Crippen LogP contribution in [0.15, 0.2) is 35.3 Å². The number of thioether (sulfide) groups is 1. The molecule has 0 aromatic heterocycles. The predicted molar refractivity (Wildman–Crippen MR) is 120 cm³/mol. The average molecular weight is 477 g/mol. The predicted octanol–water partition coefficient (Wildman–Crippen LogP) is 3.70. The molecule has 4 nitrogen and oxygen atoms in total. The van der Waals surface area contributed by atoms with Crippen molar-refractivity contribution in [3.8, 4) is 0 Å². The minimum atomic E-state index is 0. The molecular weight excluding hydrogens is 445 g/mol. The lowest BCUT2D eigenvalue weighted by molar-refractivity contribution is 0.0794. The Balaban J connectivity index is 0.00000312. The SMILES string of the molecule is CCNC(=NCC1(SC)CCOCC1)NCCCc1ccccc1.I. The molecule has 1 saturated heterocycles. The van der Waals surface area contributed by atoms with E-state index in [1.54, 1.807) is 0 Å². The second kappa shape index (κ2) is 12.8. The van der Waals surface area contributed by atoms with E-state index in [1.165, 1.54) is 5.56 Å². The van der Waals surface area contributed by atoms with Gasteiger partial charge in [-0.25, -0.2) is 0 Å². The Labute approximate surface area is 174 Å². The summed E-state index contributed by atoms with van der Waals surface area (Å²) in [5.41, 5.74) is 1.39. The second-order valence-electron chi connectivity index (χ2n) is 6.21. The topological polar surface area (TPSA) is 45.7 Å². The van der Waals surface area contributed by atoms with E-state index in [0.29, 0.717) is 0 Å². The van der Waals surface area contributed by atoms with Crippen LogP contribution in [0.1, 0.15) is 31.7 Å². The maximum atomic E-state index is 5.51. The van der Waals surface area contributed by atoms with E-state index in [2.05, 4.69) is 54.1 Å². The minimum absolute atomic E-state index is 0. The Kier molecular flexibility index (Phi) is 11.6. The van der Waals surface area contributed by atoms with Crippen molar-refractivity contribution in [2.75, 3.05) is 39.1 Å². The fourth-order valence-electron chi connectivity index (χ4n) is 2.88. The summed E-state index contributed by atoms with van der Waals surface area (Å²) in [7, 11) is 0. The number of hydrogen-bond acceptors (Lipinski definition) is 3. The van der Waals surface area contributed by atoms with E-state index >= 15 is 0 Å². The quantitative estimate of drug-likeness (QED) is 0.260. The third kappa shape index (κ3) is 8.17. The number of benzene rings is 1. The summed E-state index contributed by atoms with van der Waals surface area (Å²) in [5.74, 6) is 0.936. The summed E-state index contributed by atoms with van der Waals surface area (Å²) in [6.07, 6.45) is 6.58. The molecule has 1 fully saturated rings. The lowest BCUT2D eigenvalue weighted by atomic mass is 9.99. The van der Waals surface area contributed by atoms with Gasteiger partial charge in [0, 0.05) is 31.1 Å². The third-order valence-electron chi connectivity index (χ3n) is 4.48. The number of nitrogens with zero attached hydrogens (tertiary/aromatic N) is 1. The molecule has 2 rings (SSSR count). The van der Waals surface area contributed by atoms with Gasteiger partial charge in [0.05, 0.1) is 6.54 Å². The molecule has 1 aromatic carbocycles. The van der Waals surface area contributed by atoms with E-state index in [4.69, 9.17) is 9.73 Å². The largest absolute Gasteiger partial charge is 0.381 e. The van der Waals surface area contributed by atoms with E-state index in [0.717, 1.165) is 64.5 Å². The molecule has 1 aromatic rings. The Hall–Kier alpha value is -0.470. The van der Waals surface area contributed by atoms with Gasteiger partial charge in [-0.15, -0.1) is 24.0 Å². The van der Waals surface area contributed by atoms with Crippen LogP contribution in [-0.4, -0.2) is 49.8 Å². The highest BCUT2D eigenvalue weighted by Gasteiger charge is 2.31. The van der Waals surface area contributed by atoms with Crippen LogP contribution in [0.3, 0.4) is 0 Å². The first-order chi connectivity index (χ1) is 11.8. The molecule has 6 heteroatoms. The van der Waals surface area contributed by atoms with Gasteiger partial charge < -0.3 is 15.4 Å². The number of halogens is 1. The average Bonchev–Trinajstić information content (AvgIpc) is 2.65. The summed E-state index contributed by atoms with van der Waals surface area (Å²) in [5, 5.41) is 6.83. The number of aliphatic imine (C=N–C) groups is 1. The lowest BCUT2D eigenvalue weighted by Crippen LogP contribution is -2.41. The van der Waals surface area contributed by atoms with Crippen molar-refractivity contribution in [3.05, 3.63) is 35.9 Å². The van der Waals surface area contributed by atoms with Crippen LogP contribution < -0.4 is 10.6 Å². The summed E-state index contributed by atoms with van der Waals surface area (Å²) < 4.78 is 5.75. The molecule has 0 saturated carbocycles. The first-order valence-corrected chi connectivity index (χ1v) is 10.2. The van der Waals surface area contributed by atoms with Crippen LogP contribution in [0.25, 0.3) is 0 Å². The summed E-state index contributed by atoms with van der Waals surface area (Å²) in [6, 6.07) is 10.6. The van der Waals surface area contributed by atoms with Crippen molar-refractivity contribution in [1.82, 2.24) is 10.6 Å². The maximum Gasteiger partial charge on any atom is 0.191 e. The van der Waals surface area contributed by atoms with Crippen molar-refractivity contribution >= 4 is 41.7 Å². The standard InChI is InChI=1S/C19H31N3OS.HI/c1-3-20-18(21-13-7-10-17-8-5-4-6-9-17)22-16-19(24-2)11-14-23-15-12-19;/h4-6,8-9H,3,7,10-16H2,1-2H3,(H2,20,21,22);1H. The molecule has 0 spiro atoms. The van der Waals surface area contributed by atoms with E-state index in [-0.39, 0.29) is 28.7 Å². The summed E-state index contributed by atoms with van der Waals surface area (Å²) in [6.45, 7) is 6.51. The van der Waals surface area contributed by atoms with E-state index < -0.39 is 0 Å². The first-order valence-electron chi connectivity index (χ1n) is 8.97. The maximum absolute atomic E-state index is 5.51. The highest BCUT2D eigenvalue weighted by Crippen LogP contribution is 2.33. The van der Waals surface area contributed by atoms with Gasteiger partial charge in [-0.2, -0.15) is 11.8 Å². The zero-order valence-corrected chi connectivity index (χ0v) is 18.6. The van der Waals surface area contributed by atoms with Gasteiger partial charge in [-0.3, -0.25) is 4.99 Å². The highest BCUT2D eigenvalue weighted by atomic mass is 127. The monoisotopic (exact) mass is 477 g/mol. The van der Waals surface area contributed by atoms with Crippen molar-refractivity contribution in [2.24, 2.45) is 4.99 Å². The molecule has 0 bridgehead atoms. The molecule has 0 radical (unpaired) electrons. The number of hydrogen-bond donors (Lipinski definition) is 2. The zero-order chi connectivity index (χ0) is 17.1. The van der Waals surface area contributed by atoms with Gasteiger partial charge in [-0.1, -0.05) is 30.3 Å². The Bertz CT molecular complexity index is 493. The van der Waals surface area contributed by atoms with Gasteiger partial charge in [0.15, 0.2) is 5.96 Å². The van der Waals surface area contributed by atoms with Gasteiger partial charge in [-0.05, 0) is 44.4 Å². The van der Waals surface area contributed by atoms with Crippen LogP contribution in [0.4, 0.5) is 0 Å². The molecule has 1 heterocycles. The number of nitrogens with one attached hydrogen (secondary N) is 2. The number of guanidine groups is 1. The summed E-state index contributed by atoms with van der Waals surface area (Å²) >= 11 is 1.94. The molecule has 25 heavy (non-hydrogen) atoms. The Morgan fingerprint density at radius 2 is 1.92 bits per heavy atom. The highest BCUT2D eigenvalue weighted by molar-refractivity contribution is 14.0. The smallest absolute Gasteiger partial charge is 0.191 e. The van der Waals surface area contributed by atoms with Gasteiger partial charge in [0.2, 0.25) is 0 Å². The number of aryl methyl sites for hydroxylation is 1. The zero-order valence-electron chi connectivity index (χ0n) is 15.4. The molecular formula is C19H32IN3OS. The normalized spacial score (nSPS) is 16.8. The fourth-order valence-corrected chi connectivity index (χ4v) is 3.65. The third-order valence-corrected chi connectivity index (χ3v) is 5.89. The molecule has 1 aliphatic rings. The van der Waals surface area contributed by atoms with Crippen LogP contribution in [0.5, 0.6) is 0 Å². The number of rotatable bonds is 8. The molecule has 0 aliphatic carbocycles. The second-order valence-corrected chi connectivity index (χ2v) is 7.48. The van der Waals surface area contributed by atoms with E-state index in [9.17, 15) is 0 Å². The van der Waals surface area contributed by atoms with Crippen molar-refractivity contribution in [3.63, 3.8) is 0 Å². The minimum Gasteiger partial charge on any atom is -0.381 e. The first kappa shape index (κ1) is 22.6. The van der Waals surface area contributed by atoms with E-state index in [1.807, 2.05) is 11.8 Å². The number of ether oxygens (including phenoxy) is 1. The van der Waals surface area contributed by atoms with Gasteiger partial charge in [0.1, 0.15) is 0 Å². The van der Waals surface area contributed by atoms with Gasteiger partial charge in [0.25, 0.3) is 0 Å². The molecule has 0 atom stereocenters. The van der Waals surface area contributed by atoms with Crippen molar-refractivity contribution in [1.29, 1.82) is 0 Å². The molecule has 0 amide bonds. The van der Waals surface area contributed by atoms with Crippen LogP contribution in [-0.2, 0) is 11.2 Å². The van der Waals surface area contributed by atoms with Crippen LogP contribution >= 0.6 is 35.7 Å². The van der Waals surface area contributed by atoms with Crippen LogP contribution in [0, 0.1) is 0 Å². The van der Waals surface area contributed by atoms with Gasteiger partial charge >= 0.3 is 0 Å². The van der Waals surface area contributed by atoms with Crippen LogP contribution in [0.2, 0.25) is 0 Å². The summed E-state index contributed by atoms with van der Waals surface area (Å²) in [4.78, 5) is 4.84. The lowest BCUT2D eigenvalue weighted by Gasteiger charge is -2.34. The molecule has 1 aliphatic heterocycles. The fraction of sp³-hybridized carbons (Fsp3) is 0.632. The Morgan fingerprint density at radius 1 is 1.20 bits per heavy atom. The van der Waals surface area contributed by atoms with Crippen molar-refractivity contribution in [2.45, 2.75) is 37.4 Å². The molecule has 2 N–H and O–H groups in total.